The van der Waals surface area contributed by atoms with E-state index in [0.29, 0.717) is 31.4 Å². The van der Waals surface area contributed by atoms with Gasteiger partial charge in [0.25, 0.3) is 5.69 Å². The number of morpholine rings is 1. The number of nitrogens with one attached hydrogen (secondary N) is 1. The van der Waals surface area contributed by atoms with E-state index in [1.807, 2.05) is 14.1 Å². The SMILES string of the molecule is CC(C)C[C@@H](CNc1ccc(S(=O)(=O)N2CCOCC2)cc1[N+](=O)[O-])N(C)C. The predicted molar refractivity (Wildman–Crippen MR) is 108 cm³/mol. The van der Waals surface area contributed by atoms with Gasteiger partial charge in [-0.15, -0.1) is 0 Å². The molecule has 0 saturated carbocycles. The number of nitro benzene ring substituents is 1. The number of sulfonamides is 1. The second kappa shape index (κ2) is 9.64. The third-order valence-electron chi connectivity index (χ3n) is 4.78. The molecule has 0 radical (unpaired) electrons. The quantitative estimate of drug-likeness (QED) is 0.487. The Kier molecular flexibility index (Phi) is 7.76. The highest BCUT2D eigenvalue weighted by Gasteiger charge is 2.29. The summed E-state index contributed by atoms with van der Waals surface area (Å²) in [5, 5.41) is 14.7. The summed E-state index contributed by atoms with van der Waals surface area (Å²) >= 11 is 0. The van der Waals surface area contributed by atoms with Gasteiger partial charge in [0.2, 0.25) is 10.0 Å². The maximum atomic E-state index is 12.8. The number of hydrogen-bond donors (Lipinski definition) is 1. The predicted octanol–water partition coefficient (Wildman–Crippen LogP) is 2.00. The van der Waals surface area contributed by atoms with Crippen LogP contribution in [0.4, 0.5) is 11.4 Å². The fourth-order valence-corrected chi connectivity index (χ4v) is 4.59. The number of hydrogen-bond acceptors (Lipinski definition) is 7. The standard InChI is InChI=1S/C18H30N4O5S/c1-14(2)11-15(20(3)4)13-19-17-6-5-16(12-18(17)22(23)24)28(25,26)21-7-9-27-10-8-21/h5-6,12,14-15,19H,7-11,13H2,1-4H3/t15-/m0/s1. The Labute approximate surface area is 166 Å². The molecule has 0 aliphatic carbocycles. The number of rotatable bonds is 9. The zero-order valence-corrected chi connectivity index (χ0v) is 17.7. The molecular weight excluding hydrogens is 384 g/mol. The van der Waals surface area contributed by atoms with Gasteiger partial charge in [-0.1, -0.05) is 13.8 Å². The van der Waals surface area contributed by atoms with Crippen molar-refractivity contribution in [1.82, 2.24) is 9.21 Å². The monoisotopic (exact) mass is 414 g/mol. The van der Waals surface area contributed by atoms with Crippen molar-refractivity contribution < 1.29 is 18.1 Å². The first kappa shape index (κ1) is 22.5. The molecule has 0 spiro atoms. The van der Waals surface area contributed by atoms with Gasteiger partial charge < -0.3 is 15.0 Å². The van der Waals surface area contributed by atoms with Gasteiger partial charge in [-0.2, -0.15) is 4.31 Å². The van der Waals surface area contributed by atoms with E-state index in [-0.39, 0.29) is 29.7 Å². The minimum Gasteiger partial charge on any atom is -0.379 e. The van der Waals surface area contributed by atoms with E-state index in [1.54, 1.807) is 0 Å². The Balaban J connectivity index is 2.24. The summed E-state index contributed by atoms with van der Waals surface area (Å²) in [5.74, 6) is 0.491. The summed E-state index contributed by atoms with van der Waals surface area (Å²) < 4.78 is 32.0. The van der Waals surface area contributed by atoms with Crippen molar-refractivity contribution in [2.45, 2.75) is 31.2 Å². The highest BCUT2D eigenvalue weighted by Crippen LogP contribution is 2.29. The lowest BCUT2D eigenvalue weighted by Crippen LogP contribution is -2.40. The summed E-state index contributed by atoms with van der Waals surface area (Å²) in [6.45, 7) is 5.92. The van der Waals surface area contributed by atoms with Gasteiger partial charge in [-0.25, -0.2) is 8.42 Å². The number of anilines is 1. The van der Waals surface area contributed by atoms with Gasteiger partial charge in [-0.3, -0.25) is 10.1 Å². The molecule has 2 rings (SSSR count). The lowest BCUT2D eigenvalue weighted by atomic mass is 10.0. The van der Waals surface area contributed by atoms with Crippen LogP contribution in [0.15, 0.2) is 23.1 Å². The third-order valence-corrected chi connectivity index (χ3v) is 6.67. The average Bonchev–Trinajstić information content (AvgIpc) is 2.65. The summed E-state index contributed by atoms with van der Waals surface area (Å²) in [6.07, 6.45) is 0.942. The van der Waals surface area contributed by atoms with Crippen molar-refractivity contribution in [2.75, 3.05) is 52.3 Å². The molecule has 10 heteroatoms. The zero-order chi connectivity index (χ0) is 20.9. The smallest absolute Gasteiger partial charge is 0.293 e. The first-order valence-electron chi connectivity index (χ1n) is 9.39. The first-order valence-corrected chi connectivity index (χ1v) is 10.8. The first-order chi connectivity index (χ1) is 13.1. The number of nitrogens with zero attached hydrogens (tertiary/aromatic N) is 3. The van der Waals surface area contributed by atoms with Gasteiger partial charge in [0.15, 0.2) is 0 Å². The normalized spacial score (nSPS) is 17.1. The molecule has 0 bridgehead atoms. The second-order valence-electron chi connectivity index (χ2n) is 7.58. The van der Waals surface area contributed by atoms with Crippen LogP contribution in [0.3, 0.4) is 0 Å². The van der Waals surface area contributed by atoms with E-state index < -0.39 is 14.9 Å². The molecule has 1 saturated heterocycles. The van der Waals surface area contributed by atoms with Crippen molar-refractivity contribution in [3.63, 3.8) is 0 Å². The molecule has 158 valence electrons. The van der Waals surface area contributed by atoms with Crippen LogP contribution < -0.4 is 5.32 Å². The topological polar surface area (TPSA) is 105 Å². The molecule has 0 amide bonds. The molecule has 1 aliphatic heterocycles. The van der Waals surface area contributed by atoms with Gasteiger partial charge in [-0.05, 0) is 38.6 Å². The van der Waals surface area contributed by atoms with Crippen molar-refractivity contribution in [3.8, 4) is 0 Å². The number of benzene rings is 1. The Morgan fingerprint density at radius 2 is 1.93 bits per heavy atom. The lowest BCUT2D eigenvalue weighted by molar-refractivity contribution is -0.384. The largest absolute Gasteiger partial charge is 0.379 e. The molecule has 28 heavy (non-hydrogen) atoms. The van der Waals surface area contributed by atoms with Crippen LogP contribution in [0.2, 0.25) is 0 Å². The summed E-state index contributed by atoms with van der Waals surface area (Å²) in [6, 6.07) is 4.25. The van der Waals surface area contributed by atoms with Crippen LogP contribution in [0.1, 0.15) is 20.3 Å². The Hall–Kier alpha value is -1.75. The molecule has 1 aromatic carbocycles. The fraction of sp³-hybridized carbons (Fsp3) is 0.667. The highest BCUT2D eigenvalue weighted by atomic mass is 32.2. The van der Waals surface area contributed by atoms with Gasteiger partial charge in [0, 0.05) is 31.7 Å². The van der Waals surface area contributed by atoms with Crippen LogP contribution >= 0.6 is 0 Å². The van der Waals surface area contributed by atoms with Crippen molar-refractivity contribution in [3.05, 3.63) is 28.3 Å². The van der Waals surface area contributed by atoms with Crippen LogP contribution in [0.25, 0.3) is 0 Å². The van der Waals surface area contributed by atoms with E-state index in [0.717, 1.165) is 12.5 Å². The molecule has 1 aliphatic rings. The second-order valence-corrected chi connectivity index (χ2v) is 9.52. The van der Waals surface area contributed by atoms with E-state index in [2.05, 4.69) is 24.1 Å². The lowest BCUT2D eigenvalue weighted by Gasteiger charge is -2.27. The fourth-order valence-electron chi connectivity index (χ4n) is 3.16. The van der Waals surface area contributed by atoms with Gasteiger partial charge in [0.05, 0.1) is 23.0 Å². The zero-order valence-electron chi connectivity index (χ0n) is 16.9. The molecule has 1 N–H and O–H groups in total. The minimum absolute atomic E-state index is 0.0713. The number of ether oxygens (including phenoxy) is 1. The molecule has 0 aromatic heterocycles. The molecule has 0 unspecified atom stereocenters. The van der Waals surface area contributed by atoms with Gasteiger partial charge in [0.1, 0.15) is 5.69 Å². The van der Waals surface area contributed by atoms with E-state index >= 15 is 0 Å². The molecule has 9 nitrogen and oxygen atoms in total. The maximum absolute atomic E-state index is 12.8. The van der Waals surface area contributed by atoms with Crippen molar-refractivity contribution >= 4 is 21.4 Å². The van der Waals surface area contributed by atoms with Crippen LogP contribution in [-0.4, -0.2) is 75.5 Å². The van der Waals surface area contributed by atoms with E-state index in [1.165, 1.54) is 16.4 Å². The van der Waals surface area contributed by atoms with E-state index in [9.17, 15) is 18.5 Å². The summed E-state index contributed by atoms with van der Waals surface area (Å²) in [5.41, 5.74) is 0.0814. The van der Waals surface area contributed by atoms with Crippen LogP contribution in [-0.2, 0) is 14.8 Å². The van der Waals surface area contributed by atoms with E-state index in [4.69, 9.17) is 4.74 Å². The minimum atomic E-state index is -3.78. The number of likely N-dealkylation sites (N-methyl/N-ethyl adjacent to an activating group) is 1. The molecule has 1 atom stereocenters. The third kappa shape index (κ3) is 5.63. The maximum Gasteiger partial charge on any atom is 0.293 e. The average molecular weight is 415 g/mol. The number of nitro groups is 1. The van der Waals surface area contributed by atoms with Crippen LogP contribution in [0.5, 0.6) is 0 Å². The molecule has 1 fully saturated rings. The molecule has 1 aromatic rings. The highest BCUT2D eigenvalue weighted by molar-refractivity contribution is 7.89. The Morgan fingerprint density at radius 1 is 1.29 bits per heavy atom. The Bertz CT molecular complexity index is 776. The summed E-state index contributed by atoms with van der Waals surface area (Å²) in [7, 11) is 0.164. The van der Waals surface area contributed by atoms with Crippen molar-refractivity contribution in [2.24, 2.45) is 5.92 Å². The molecular formula is C18H30N4O5S. The Morgan fingerprint density at radius 3 is 2.46 bits per heavy atom. The van der Waals surface area contributed by atoms with Gasteiger partial charge >= 0.3 is 0 Å². The molecule has 1 heterocycles. The van der Waals surface area contributed by atoms with Crippen LogP contribution in [0, 0.1) is 16.0 Å². The van der Waals surface area contributed by atoms with Crippen molar-refractivity contribution in [1.29, 1.82) is 0 Å². The summed E-state index contributed by atoms with van der Waals surface area (Å²) in [4.78, 5) is 13.0.